The lowest BCUT2D eigenvalue weighted by Gasteiger charge is -2.20. The highest BCUT2D eigenvalue weighted by Crippen LogP contribution is 2.12. The maximum Gasteiger partial charge on any atom is 0.331 e. The molecule has 7 heteroatoms. The lowest BCUT2D eigenvalue weighted by Crippen LogP contribution is -2.42. The number of nitrogens with zero attached hydrogens (tertiary/aromatic N) is 3. The number of nitrogens with one attached hydrogen (secondary N) is 1. The molecule has 1 aromatic heterocycles. The van der Waals surface area contributed by atoms with Crippen molar-refractivity contribution in [2.75, 3.05) is 13.6 Å². The number of aromatic nitrogens is 2. The summed E-state index contributed by atoms with van der Waals surface area (Å²) in [6, 6.07) is -1.52. The molecular formula is C13H20N4O3. The minimum atomic E-state index is -1.12. The normalized spacial score (nSPS) is 11.7. The number of hydrogen-bond acceptors (Lipinski definition) is 3. The van der Waals surface area contributed by atoms with Gasteiger partial charge in [-0.1, -0.05) is 6.08 Å². The Morgan fingerprint density at radius 1 is 1.65 bits per heavy atom. The number of amides is 2. The molecule has 0 aromatic carbocycles. The van der Waals surface area contributed by atoms with Crippen molar-refractivity contribution in [3.05, 3.63) is 30.6 Å². The molecule has 20 heavy (non-hydrogen) atoms. The SMILES string of the molecule is C=CCCCN(C)C(=O)NC(C(=O)O)c1cnn(C)c1. The topological polar surface area (TPSA) is 87.5 Å². The van der Waals surface area contributed by atoms with E-state index >= 15 is 0 Å². The monoisotopic (exact) mass is 280 g/mol. The number of hydrogen-bond donors (Lipinski definition) is 2. The number of carbonyl (C=O) groups excluding carboxylic acids is 1. The summed E-state index contributed by atoms with van der Waals surface area (Å²) >= 11 is 0. The predicted molar refractivity (Wildman–Crippen MR) is 74.2 cm³/mol. The van der Waals surface area contributed by atoms with E-state index in [1.807, 2.05) is 0 Å². The summed E-state index contributed by atoms with van der Waals surface area (Å²) in [4.78, 5) is 24.6. The quantitative estimate of drug-likeness (QED) is 0.579. The fourth-order valence-electron chi connectivity index (χ4n) is 1.68. The zero-order valence-electron chi connectivity index (χ0n) is 11.7. The van der Waals surface area contributed by atoms with Crippen LogP contribution in [-0.4, -0.2) is 45.4 Å². The van der Waals surface area contributed by atoms with Crippen LogP contribution in [0.25, 0.3) is 0 Å². The first-order chi connectivity index (χ1) is 9.45. The molecule has 0 fully saturated rings. The van der Waals surface area contributed by atoms with Gasteiger partial charge >= 0.3 is 12.0 Å². The molecule has 1 unspecified atom stereocenters. The van der Waals surface area contributed by atoms with Gasteiger partial charge in [0.15, 0.2) is 6.04 Å². The van der Waals surface area contributed by atoms with Crippen LogP contribution in [0.3, 0.4) is 0 Å². The fourth-order valence-corrected chi connectivity index (χ4v) is 1.68. The summed E-state index contributed by atoms with van der Waals surface area (Å²) < 4.78 is 1.49. The second-order valence-electron chi connectivity index (χ2n) is 4.52. The first-order valence-corrected chi connectivity index (χ1v) is 6.29. The number of aryl methyl sites for hydroxylation is 1. The van der Waals surface area contributed by atoms with Gasteiger partial charge in [0.2, 0.25) is 0 Å². The molecular weight excluding hydrogens is 260 g/mol. The van der Waals surface area contributed by atoms with Crippen LogP contribution in [-0.2, 0) is 11.8 Å². The lowest BCUT2D eigenvalue weighted by atomic mass is 10.1. The zero-order chi connectivity index (χ0) is 15.1. The minimum absolute atomic E-state index is 0.426. The van der Waals surface area contributed by atoms with Crippen LogP contribution in [0.5, 0.6) is 0 Å². The van der Waals surface area contributed by atoms with Gasteiger partial charge in [-0.25, -0.2) is 9.59 Å². The molecule has 0 spiro atoms. The van der Waals surface area contributed by atoms with E-state index in [9.17, 15) is 14.7 Å². The Bertz CT molecular complexity index is 484. The van der Waals surface area contributed by atoms with E-state index in [1.165, 1.54) is 15.8 Å². The standard InChI is InChI=1S/C13H20N4O3/c1-4-5-6-7-16(2)13(20)15-11(12(18)19)10-8-14-17(3)9-10/h4,8-9,11H,1,5-7H2,2-3H3,(H,15,20)(H,18,19). The van der Waals surface area contributed by atoms with Gasteiger partial charge in [0, 0.05) is 32.4 Å². The van der Waals surface area contributed by atoms with Gasteiger partial charge in [-0.3, -0.25) is 4.68 Å². The number of unbranched alkanes of at least 4 members (excludes halogenated alkanes) is 1. The smallest absolute Gasteiger partial charge is 0.331 e. The van der Waals surface area contributed by atoms with E-state index in [2.05, 4.69) is 17.0 Å². The van der Waals surface area contributed by atoms with Gasteiger partial charge in [-0.05, 0) is 12.8 Å². The molecule has 2 amide bonds. The van der Waals surface area contributed by atoms with E-state index in [1.54, 1.807) is 26.4 Å². The van der Waals surface area contributed by atoms with Gasteiger partial charge in [-0.15, -0.1) is 6.58 Å². The molecule has 0 saturated heterocycles. The molecule has 0 radical (unpaired) electrons. The highest BCUT2D eigenvalue weighted by atomic mass is 16.4. The Hall–Kier alpha value is -2.31. The van der Waals surface area contributed by atoms with Crippen molar-refractivity contribution in [1.29, 1.82) is 0 Å². The number of urea groups is 1. The lowest BCUT2D eigenvalue weighted by molar-refractivity contribution is -0.139. The Morgan fingerprint density at radius 2 is 2.35 bits per heavy atom. The summed E-state index contributed by atoms with van der Waals surface area (Å²) in [7, 11) is 3.31. The van der Waals surface area contributed by atoms with Crippen LogP contribution in [0.2, 0.25) is 0 Å². The molecule has 110 valence electrons. The highest BCUT2D eigenvalue weighted by molar-refractivity contribution is 5.83. The van der Waals surface area contributed by atoms with Crippen LogP contribution in [0.4, 0.5) is 4.79 Å². The summed E-state index contributed by atoms with van der Waals surface area (Å²) in [5.74, 6) is -1.12. The number of carboxylic acids is 1. The van der Waals surface area contributed by atoms with Crippen molar-refractivity contribution in [1.82, 2.24) is 20.0 Å². The third-order valence-electron chi connectivity index (χ3n) is 2.82. The molecule has 2 N–H and O–H groups in total. The van der Waals surface area contributed by atoms with Crippen molar-refractivity contribution in [3.63, 3.8) is 0 Å². The predicted octanol–water partition coefficient (Wildman–Crippen LogP) is 1.15. The molecule has 0 saturated carbocycles. The van der Waals surface area contributed by atoms with Gasteiger partial charge in [0.1, 0.15) is 0 Å². The summed E-state index contributed by atoms with van der Waals surface area (Å²) in [5.41, 5.74) is 0.438. The second-order valence-corrected chi connectivity index (χ2v) is 4.52. The van der Waals surface area contributed by atoms with E-state index in [0.29, 0.717) is 12.1 Å². The second kappa shape index (κ2) is 7.32. The molecule has 0 bridgehead atoms. The zero-order valence-corrected chi connectivity index (χ0v) is 11.7. The Kier molecular flexibility index (Phi) is 5.76. The third-order valence-corrected chi connectivity index (χ3v) is 2.82. The third kappa shape index (κ3) is 4.42. The molecule has 0 aliphatic rings. The van der Waals surface area contributed by atoms with Gasteiger partial charge in [-0.2, -0.15) is 5.10 Å². The Morgan fingerprint density at radius 3 is 2.85 bits per heavy atom. The number of carbonyl (C=O) groups is 2. The average molecular weight is 280 g/mol. The maximum absolute atomic E-state index is 11.9. The molecule has 1 atom stereocenters. The minimum Gasteiger partial charge on any atom is -0.479 e. The van der Waals surface area contributed by atoms with Crippen LogP contribution in [0, 0.1) is 0 Å². The number of allylic oxidation sites excluding steroid dienone is 1. The van der Waals surface area contributed by atoms with Crippen molar-refractivity contribution in [3.8, 4) is 0 Å². The Balaban J connectivity index is 2.64. The van der Waals surface area contributed by atoms with Crippen LogP contribution < -0.4 is 5.32 Å². The van der Waals surface area contributed by atoms with Gasteiger partial charge in [0.25, 0.3) is 0 Å². The highest BCUT2D eigenvalue weighted by Gasteiger charge is 2.24. The summed E-state index contributed by atoms with van der Waals surface area (Å²) in [6.07, 6.45) is 6.37. The molecule has 1 heterocycles. The van der Waals surface area contributed by atoms with Gasteiger partial charge < -0.3 is 15.3 Å². The number of aliphatic carboxylic acids is 1. The van der Waals surface area contributed by atoms with Crippen molar-refractivity contribution >= 4 is 12.0 Å². The fraction of sp³-hybridized carbons (Fsp3) is 0.462. The molecule has 7 nitrogen and oxygen atoms in total. The van der Waals surface area contributed by atoms with E-state index in [4.69, 9.17) is 0 Å². The van der Waals surface area contributed by atoms with Gasteiger partial charge in [0.05, 0.1) is 6.20 Å². The molecule has 0 aliphatic carbocycles. The van der Waals surface area contributed by atoms with Crippen LogP contribution >= 0.6 is 0 Å². The maximum atomic E-state index is 11.9. The Labute approximate surface area is 117 Å². The van der Waals surface area contributed by atoms with Crippen molar-refractivity contribution < 1.29 is 14.7 Å². The number of carboxylic acid groups (broad SMARTS) is 1. The summed E-state index contributed by atoms with van der Waals surface area (Å²) in [6.45, 7) is 4.15. The molecule has 1 rings (SSSR count). The van der Waals surface area contributed by atoms with Crippen molar-refractivity contribution in [2.24, 2.45) is 7.05 Å². The van der Waals surface area contributed by atoms with E-state index < -0.39 is 18.0 Å². The van der Waals surface area contributed by atoms with Crippen LogP contribution in [0.1, 0.15) is 24.4 Å². The first-order valence-electron chi connectivity index (χ1n) is 6.29. The largest absolute Gasteiger partial charge is 0.479 e. The first kappa shape index (κ1) is 15.7. The van der Waals surface area contributed by atoms with E-state index in [0.717, 1.165) is 12.8 Å². The van der Waals surface area contributed by atoms with E-state index in [-0.39, 0.29) is 0 Å². The molecule has 1 aromatic rings. The molecule has 0 aliphatic heterocycles. The summed E-state index contributed by atoms with van der Waals surface area (Å²) in [5, 5.41) is 15.6. The number of rotatable bonds is 7. The average Bonchev–Trinajstić information content (AvgIpc) is 2.81. The van der Waals surface area contributed by atoms with Crippen molar-refractivity contribution in [2.45, 2.75) is 18.9 Å². The van der Waals surface area contributed by atoms with Crippen LogP contribution in [0.15, 0.2) is 25.0 Å².